The van der Waals surface area contributed by atoms with E-state index in [1.54, 1.807) is 0 Å². The molecule has 0 amide bonds. The standard InChI is InChI=1S/C34H53N3O2Si/c1-21(2)28-26-27(25-23(37-28)17-33(9,10)18-24(25)39-40(11,12)32(6,7)8)34(15-13-14-16-34)38-29(26)22-19-35-30(36-20-22)31(3,4)5/h19-21,24,29H,13-18H2,1-12H3/t24?,29-/m1/s1. The minimum absolute atomic E-state index is 0.0430. The molecular formula is C34H53N3O2Si. The van der Waals surface area contributed by atoms with Gasteiger partial charge in [0.25, 0.3) is 0 Å². The lowest BCUT2D eigenvalue weighted by molar-refractivity contribution is -0.0581. The van der Waals surface area contributed by atoms with Crippen LogP contribution in [0.2, 0.25) is 18.1 Å². The van der Waals surface area contributed by atoms with E-state index < -0.39 is 8.32 Å². The Kier molecular flexibility index (Phi) is 7.24. The number of fused-ring (bicyclic) bond motifs is 4. The van der Waals surface area contributed by atoms with Crippen LogP contribution in [0.1, 0.15) is 159 Å². The van der Waals surface area contributed by atoms with Gasteiger partial charge in [-0.1, -0.05) is 82.1 Å². The maximum atomic E-state index is 7.35. The summed E-state index contributed by atoms with van der Waals surface area (Å²) in [4.78, 5) is 15.2. The van der Waals surface area contributed by atoms with Crippen LogP contribution >= 0.6 is 0 Å². The van der Waals surface area contributed by atoms with E-state index in [-0.39, 0.29) is 33.7 Å². The predicted octanol–water partition coefficient (Wildman–Crippen LogP) is 9.22. The Labute approximate surface area is 244 Å². The van der Waals surface area contributed by atoms with Gasteiger partial charge in [-0.25, -0.2) is 9.97 Å². The first kappa shape index (κ1) is 29.8. The molecule has 0 saturated heterocycles. The second kappa shape index (κ2) is 9.70. The van der Waals surface area contributed by atoms with Crippen LogP contribution in [0.25, 0.3) is 0 Å². The van der Waals surface area contributed by atoms with Crippen molar-refractivity contribution >= 4 is 8.32 Å². The average Bonchev–Trinajstić information content (AvgIpc) is 3.41. The van der Waals surface area contributed by atoms with Crippen molar-refractivity contribution in [1.29, 1.82) is 0 Å². The van der Waals surface area contributed by atoms with E-state index in [4.69, 9.17) is 24.1 Å². The number of pyridine rings is 1. The van der Waals surface area contributed by atoms with Crippen LogP contribution < -0.4 is 0 Å². The molecule has 1 spiro atoms. The van der Waals surface area contributed by atoms with Crippen molar-refractivity contribution in [2.24, 2.45) is 5.41 Å². The molecule has 0 bridgehead atoms. The molecule has 2 aliphatic carbocycles. The first-order chi connectivity index (χ1) is 18.4. The van der Waals surface area contributed by atoms with E-state index in [2.05, 4.69) is 82.3 Å². The van der Waals surface area contributed by atoms with Crippen LogP contribution in [-0.4, -0.2) is 23.3 Å². The minimum atomic E-state index is -2.04. The Hall–Kier alpha value is -1.63. The summed E-state index contributed by atoms with van der Waals surface area (Å²) >= 11 is 0. The number of hydrogen-bond acceptors (Lipinski definition) is 5. The van der Waals surface area contributed by atoms with Gasteiger partial charge in [0, 0.05) is 45.9 Å². The third kappa shape index (κ3) is 5.11. The molecule has 0 radical (unpaired) electrons. The zero-order valence-electron chi connectivity index (χ0n) is 27.3. The Balaban J connectivity index is 1.75. The summed E-state index contributed by atoms with van der Waals surface area (Å²) in [6.07, 6.45) is 10.4. The lowest BCUT2D eigenvalue weighted by Crippen LogP contribution is -2.44. The van der Waals surface area contributed by atoms with Gasteiger partial charge in [-0.3, -0.25) is 4.98 Å². The highest BCUT2D eigenvalue weighted by Gasteiger charge is 2.54. The van der Waals surface area contributed by atoms with E-state index >= 15 is 0 Å². The molecular weight excluding hydrogens is 510 g/mol. The molecule has 1 fully saturated rings. The maximum absolute atomic E-state index is 7.35. The second-order valence-electron chi connectivity index (χ2n) is 16.5. The maximum Gasteiger partial charge on any atom is 0.192 e. The molecule has 2 aromatic rings. The van der Waals surface area contributed by atoms with Gasteiger partial charge < -0.3 is 9.16 Å². The van der Waals surface area contributed by atoms with Crippen molar-refractivity contribution < 1.29 is 9.16 Å². The molecule has 220 valence electrons. The third-order valence-electron chi connectivity index (χ3n) is 9.99. The van der Waals surface area contributed by atoms with Crippen molar-refractivity contribution in [3.63, 3.8) is 0 Å². The average molecular weight is 564 g/mol. The fourth-order valence-electron chi connectivity index (χ4n) is 6.88. The molecule has 1 unspecified atom stereocenters. The molecule has 1 aliphatic heterocycles. The Bertz CT molecular complexity index is 1260. The van der Waals surface area contributed by atoms with Crippen LogP contribution in [0.4, 0.5) is 0 Å². The van der Waals surface area contributed by atoms with Gasteiger partial charge in [-0.05, 0) is 60.7 Å². The lowest BCUT2D eigenvalue weighted by atomic mass is 9.70. The van der Waals surface area contributed by atoms with Gasteiger partial charge in [0.15, 0.2) is 8.32 Å². The number of rotatable bonds is 4. The number of nitrogens with zero attached hydrogens (tertiary/aromatic N) is 3. The molecule has 2 aromatic heterocycles. The highest BCUT2D eigenvalue weighted by molar-refractivity contribution is 6.74. The summed E-state index contributed by atoms with van der Waals surface area (Å²) in [6, 6.07) is 0. The van der Waals surface area contributed by atoms with Crippen LogP contribution in [-0.2, 0) is 26.6 Å². The quantitative estimate of drug-likeness (QED) is 0.347. The zero-order valence-corrected chi connectivity index (χ0v) is 28.3. The predicted molar refractivity (Wildman–Crippen MR) is 165 cm³/mol. The number of aromatic nitrogens is 3. The highest BCUT2D eigenvalue weighted by atomic mass is 28.4. The van der Waals surface area contributed by atoms with Crippen molar-refractivity contribution in [1.82, 2.24) is 15.0 Å². The van der Waals surface area contributed by atoms with Crippen LogP contribution in [0, 0.1) is 5.41 Å². The van der Waals surface area contributed by atoms with E-state index in [1.165, 1.54) is 40.9 Å². The topological polar surface area (TPSA) is 57.1 Å². The molecule has 3 heterocycles. The van der Waals surface area contributed by atoms with Gasteiger partial charge >= 0.3 is 0 Å². The minimum Gasteiger partial charge on any atom is -0.410 e. The second-order valence-corrected chi connectivity index (χ2v) is 21.3. The van der Waals surface area contributed by atoms with Gasteiger partial charge in [-0.15, -0.1) is 0 Å². The molecule has 40 heavy (non-hydrogen) atoms. The Morgan fingerprint density at radius 1 is 0.975 bits per heavy atom. The number of hydrogen-bond donors (Lipinski definition) is 0. The summed E-state index contributed by atoms with van der Waals surface area (Å²) < 4.78 is 14.6. The Morgan fingerprint density at radius 2 is 1.57 bits per heavy atom. The van der Waals surface area contributed by atoms with E-state index in [0.29, 0.717) is 5.92 Å². The van der Waals surface area contributed by atoms with Crippen LogP contribution in [0.15, 0.2) is 12.4 Å². The van der Waals surface area contributed by atoms with Crippen molar-refractivity contribution in [2.45, 2.75) is 155 Å². The lowest BCUT2D eigenvalue weighted by Gasteiger charge is -2.45. The van der Waals surface area contributed by atoms with Crippen molar-refractivity contribution in [2.75, 3.05) is 0 Å². The van der Waals surface area contributed by atoms with Gasteiger partial charge in [-0.2, -0.15) is 0 Å². The molecule has 1 saturated carbocycles. The summed E-state index contributed by atoms with van der Waals surface area (Å²) in [7, 11) is -2.04. The smallest absolute Gasteiger partial charge is 0.192 e. The fraction of sp³-hybridized carbons (Fsp3) is 0.735. The highest BCUT2D eigenvalue weighted by Crippen LogP contribution is 2.60. The molecule has 3 aliphatic rings. The molecule has 0 aromatic carbocycles. The Morgan fingerprint density at radius 3 is 2.10 bits per heavy atom. The van der Waals surface area contributed by atoms with E-state index in [9.17, 15) is 0 Å². The van der Waals surface area contributed by atoms with Crippen molar-refractivity contribution in [3.8, 4) is 0 Å². The molecule has 6 heteroatoms. The monoisotopic (exact) mass is 563 g/mol. The van der Waals surface area contributed by atoms with Crippen molar-refractivity contribution in [3.05, 3.63) is 51.9 Å². The first-order valence-electron chi connectivity index (χ1n) is 15.6. The molecule has 2 atom stereocenters. The van der Waals surface area contributed by atoms with Gasteiger partial charge in [0.2, 0.25) is 0 Å². The summed E-state index contributed by atoms with van der Waals surface area (Å²) in [6.45, 7) is 27.6. The SMILES string of the molecule is CC(C)c1nc2c(c3c1[C@@H](c1cnc(C(C)(C)C)nc1)OC31CCCC1)C(O[Si](C)(C)C(C)(C)C)CC(C)(C)C2. The fourth-order valence-corrected chi connectivity index (χ4v) is 8.14. The largest absolute Gasteiger partial charge is 0.410 e. The number of ether oxygens (including phenoxy) is 1. The first-order valence-corrected chi connectivity index (χ1v) is 18.5. The molecule has 5 rings (SSSR count). The zero-order chi connectivity index (χ0) is 29.5. The van der Waals surface area contributed by atoms with Gasteiger partial charge in [0.05, 0.1) is 11.7 Å². The van der Waals surface area contributed by atoms with Crippen LogP contribution in [0.3, 0.4) is 0 Å². The van der Waals surface area contributed by atoms with E-state index in [0.717, 1.165) is 37.1 Å². The normalized spacial score (nSPS) is 24.0. The summed E-state index contributed by atoms with van der Waals surface area (Å²) in [5.74, 6) is 1.16. The summed E-state index contributed by atoms with van der Waals surface area (Å²) in [5.41, 5.74) is 7.30. The van der Waals surface area contributed by atoms with Crippen LogP contribution in [0.5, 0.6) is 0 Å². The van der Waals surface area contributed by atoms with E-state index in [1.807, 2.05) is 12.4 Å². The summed E-state index contributed by atoms with van der Waals surface area (Å²) in [5, 5.41) is 0.138. The van der Waals surface area contributed by atoms with Gasteiger partial charge in [0.1, 0.15) is 11.9 Å². The molecule has 5 nitrogen and oxygen atoms in total. The third-order valence-corrected chi connectivity index (χ3v) is 14.5. The molecule has 0 N–H and O–H groups in total.